The van der Waals surface area contributed by atoms with E-state index in [0.29, 0.717) is 58.5 Å². The predicted octanol–water partition coefficient (Wildman–Crippen LogP) is 5.05. The summed E-state index contributed by atoms with van der Waals surface area (Å²) in [6.07, 6.45) is 8.98. The van der Waals surface area contributed by atoms with Gasteiger partial charge in [0, 0.05) is 80.2 Å². The number of H-pyrrole nitrogens is 2. The van der Waals surface area contributed by atoms with Crippen molar-refractivity contribution in [2.24, 2.45) is 10.9 Å². The molecule has 15 heteroatoms. The number of nitrogens with zero attached hydrogens (tertiary/aromatic N) is 7. The first-order chi connectivity index (χ1) is 28.7. The summed E-state index contributed by atoms with van der Waals surface area (Å²) in [7, 11) is 0. The minimum Gasteiger partial charge on any atom is -0.368 e. The van der Waals surface area contributed by atoms with Crippen molar-refractivity contribution in [3.63, 3.8) is 0 Å². The number of pyridine rings is 2. The van der Waals surface area contributed by atoms with Crippen LogP contribution in [-0.2, 0) is 16.0 Å². The van der Waals surface area contributed by atoms with Gasteiger partial charge in [0.2, 0.25) is 0 Å². The van der Waals surface area contributed by atoms with Gasteiger partial charge in [-0.1, -0.05) is 31.2 Å². The number of aromatic nitrogens is 4. The Balaban J connectivity index is 0.00000544. The molecule has 1 atom stereocenters. The molecule has 0 saturated carbocycles. The minimum absolute atomic E-state index is 0. The molecule has 3 aromatic heterocycles. The topological polar surface area (TPSA) is 163 Å². The van der Waals surface area contributed by atoms with Gasteiger partial charge in [-0.15, -0.1) is 0 Å². The normalized spacial score (nSPS) is 17.8. The second-order valence-electron chi connectivity index (χ2n) is 16.3. The zero-order valence-corrected chi connectivity index (χ0v) is 36.4. The second kappa shape index (κ2) is 18.4. The number of piperidine rings is 2. The number of aryl methyl sites for hydroxylation is 1. The van der Waals surface area contributed by atoms with Crippen LogP contribution in [-0.4, -0.2) is 123 Å². The average Bonchev–Trinajstić information content (AvgIpc) is 3.76. The third-order valence-electron chi connectivity index (χ3n) is 12.6. The Hall–Kier alpha value is -6.89. The number of urea groups is 1. The Bertz CT molecular complexity index is 2380. The Morgan fingerprint density at radius 1 is 0.883 bits per heavy atom. The molecule has 5 aromatic rings. The number of piperazine rings is 1. The van der Waals surface area contributed by atoms with Gasteiger partial charge in [-0.05, 0) is 117 Å². The number of aromatic amines is 2. The zero-order valence-electron chi connectivity index (χ0n) is 34.3. The summed E-state index contributed by atoms with van der Waals surface area (Å²) in [5.41, 5.74) is 5.50. The number of aliphatic imine (C=N–C) groups is 1. The van der Waals surface area contributed by atoms with E-state index in [4.69, 9.17) is 0 Å². The number of hydrogen-bond donors (Lipinski definition) is 3. The first-order valence-corrected chi connectivity index (χ1v) is 21.1. The van der Waals surface area contributed by atoms with Gasteiger partial charge in [-0.25, -0.2) is 9.79 Å². The predicted molar refractivity (Wildman–Crippen MR) is 230 cm³/mol. The third-order valence-corrected chi connectivity index (χ3v) is 12.6. The van der Waals surface area contributed by atoms with Gasteiger partial charge in [0.25, 0.3) is 17.4 Å². The summed E-state index contributed by atoms with van der Waals surface area (Å²) in [6.45, 7) is 10.2. The summed E-state index contributed by atoms with van der Waals surface area (Å²) in [4.78, 5) is 76.1. The van der Waals surface area contributed by atoms with Crippen LogP contribution in [0.3, 0.4) is 0 Å². The van der Waals surface area contributed by atoms with Crippen molar-refractivity contribution < 1.29 is 14.4 Å². The third kappa shape index (κ3) is 9.20. The summed E-state index contributed by atoms with van der Waals surface area (Å²) in [6, 6.07) is 16.2. The van der Waals surface area contributed by atoms with Gasteiger partial charge in [0.1, 0.15) is 11.8 Å². The van der Waals surface area contributed by atoms with Gasteiger partial charge in [-0.2, -0.15) is 5.10 Å². The number of carbonyl (C=O) groups is 3. The quantitative estimate of drug-likeness (QED) is 0.164. The molecule has 3 saturated heterocycles. The van der Waals surface area contributed by atoms with Crippen molar-refractivity contribution >= 4 is 51.1 Å². The number of carbonyl (C=O) groups excluding carboxylic acids is 3. The first-order valence-electron chi connectivity index (χ1n) is 21.1. The fourth-order valence-electron chi connectivity index (χ4n) is 9.04. The van der Waals surface area contributed by atoms with Gasteiger partial charge in [0.15, 0.2) is 0 Å². The van der Waals surface area contributed by atoms with Gasteiger partial charge in [0.05, 0.1) is 11.7 Å². The van der Waals surface area contributed by atoms with E-state index in [1.807, 2.05) is 66.4 Å². The maximum absolute atomic E-state index is 14.6. The molecule has 6 heterocycles. The number of amides is 4. The molecule has 1 radical (unpaired) electrons. The van der Waals surface area contributed by atoms with Crippen LogP contribution in [0.25, 0.3) is 21.8 Å². The van der Waals surface area contributed by atoms with E-state index in [0.717, 1.165) is 76.7 Å². The molecular weight excluding hydrogens is 1010 g/mol. The molecule has 0 spiro atoms. The van der Waals surface area contributed by atoms with Crippen molar-refractivity contribution in [1.82, 2.24) is 40.2 Å². The van der Waals surface area contributed by atoms with E-state index in [1.54, 1.807) is 23.5 Å². The number of anilines is 1. The Morgan fingerprint density at radius 3 is 2.35 bits per heavy atom. The van der Waals surface area contributed by atoms with Gasteiger partial charge < -0.3 is 29.9 Å². The molecule has 3 aliphatic heterocycles. The fraction of sp³-hybridized carbons (Fsp3) is 0.444. The van der Waals surface area contributed by atoms with Crippen LogP contribution >= 0.6 is 0 Å². The van der Waals surface area contributed by atoms with Crippen molar-refractivity contribution in [1.29, 1.82) is 0 Å². The smallest absolute Gasteiger partial charge is 0.318 e. The van der Waals surface area contributed by atoms with Gasteiger partial charge in [-0.3, -0.25) is 24.5 Å². The molecular formula is C45H54LrN10O4. The number of likely N-dealkylation sites (tertiary alicyclic amines) is 2. The maximum atomic E-state index is 14.6. The largest absolute Gasteiger partial charge is 0.368 e. The summed E-state index contributed by atoms with van der Waals surface area (Å²) >= 11 is 0. The van der Waals surface area contributed by atoms with Crippen LogP contribution < -0.4 is 15.8 Å². The first kappa shape index (κ1) is 41.3. The van der Waals surface area contributed by atoms with E-state index < -0.39 is 11.9 Å². The molecule has 0 bridgehead atoms. The van der Waals surface area contributed by atoms with Crippen LogP contribution in [0, 0.1) is 12.8 Å². The minimum atomic E-state index is -1.01. The number of hydrogen-bond acceptors (Lipinski definition) is 8. The molecule has 60 heavy (non-hydrogen) atoms. The van der Waals surface area contributed by atoms with Gasteiger partial charge >= 0.3 is 6.03 Å². The summed E-state index contributed by atoms with van der Waals surface area (Å²) in [5.74, 6) is -0.520. The molecule has 0 unspecified atom stereocenters. The van der Waals surface area contributed by atoms with E-state index in [1.165, 1.54) is 0 Å². The summed E-state index contributed by atoms with van der Waals surface area (Å²) in [5, 5.41) is 12.2. The molecule has 8 rings (SSSR count). The van der Waals surface area contributed by atoms with Crippen LogP contribution in [0.15, 0.2) is 83.0 Å². The Kier molecular flexibility index (Phi) is 12.6. The summed E-state index contributed by atoms with van der Waals surface area (Å²) < 4.78 is 0. The molecule has 14 nitrogen and oxygen atoms in total. The standard InChI is InChI=1S/C45H54N10O4.Lr/c1-3-52-16-10-31(11-17-52)26-40(44(58)54-22-20-53(21-23-54)36-8-14-46-15-9-36)49-43(57)39(27-32-24-30(2)41-35(25-32)29-47-51-41)50-45(59)55-18-12-33(13-19-55)37-28-34-6-4-5-7-38(34)48-42(37)56;/h4-9,14-15,24-25,28-29,31,33,39H,3,10-13,16-23,26-27H2,1-2H3,(H,47,51)(H,48,56)(H,50,59);/t39-;/m1./s1. The maximum Gasteiger partial charge on any atom is 0.318 e. The molecule has 4 amide bonds. The van der Waals surface area contributed by atoms with Crippen molar-refractivity contribution in [2.75, 3.05) is 63.8 Å². The molecule has 2 aromatic carbocycles. The van der Waals surface area contributed by atoms with Crippen LogP contribution in [0.2, 0.25) is 0 Å². The van der Waals surface area contributed by atoms with Crippen LogP contribution in [0.4, 0.5) is 10.5 Å². The number of nitrogens with one attached hydrogen (secondary N) is 3. The number of rotatable bonds is 10. The number of fused-ring (bicyclic) bond motifs is 2. The van der Waals surface area contributed by atoms with Crippen molar-refractivity contribution in [3.05, 3.63) is 100 Å². The monoisotopic (exact) mass is 1060 g/mol. The molecule has 3 N–H and O–H groups in total. The molecule has 3 aliphatic rings. The van der Waals surface area contributed by atoms with E-state index in [-0.39, 0.29) is 41.5 Å². The van der Waals surface area contributed by atoms with E-state index >= 15 is 0 Å². The molecule has 3 fully saturated rings. The molecule has 323 valence electrons. The van der Waals surface area contributed by atoms with Crippen molar-refractivity contribution in [2.45, 2.75) is 64.3 Å². The van der Waals surface area contributed by atoms with Crippen molar-refractivity contribution in [3.8, 4) is 0 Å². The number of benzene rings is 2. The number of para-hydroxylation sites is 1. The SMILES string of the molecule is CCN1CCC(CC(=NC(=O)[C@@H](Cc2cc(C)c3[nH]ncc3c2)NC(=O)N2CCC(c3cc4ccccc4[nH]c3=O)CC2)C(=O)N2CCN(c3ccncc3)CC2)CC1.[Lr]. The molecule has 0 aliphatic carbocycles. The zero-order chi connectivity index (χ0) is 40.9. The average molecular weight is 1060 g/mol. The van der Waals surface area contributed by atoms with E-state index in [2.05, 4.69) is 47.2 Å². The Morgan fingerprint density at radius 2 is 1.62 bits per heavy atom. The Labute approximate surface area is 344 Å². The van der Waals surface area contributed by atoms with Crippen LogP contribution in [0.1, 0.15) is 61.6 Å². The van der Waals surface area contributed by atoms with Crippen LogP contribution in [0.5, 0.6) is 0 Å². The second-order valence-corrected chi connectivity index (χ2v) is 16.3. The van der Waals surface area contributed by atoms with E-state index in [9.17, 15) is 19.2 Å². The fourth-order valence-corrected chi connectivity index (χ4v) is 9.04.